The Morgan fingerprint density at radius 1 is 1.40 bits per heavy atom. The molecular formula is C16H23FN2O. The van der Waals surface area contributed by atoms with Crippen molar-refractivity contribution in [3.8, 4) is 0 Å². The number of halogens is 1. The number of benzene rings is 1. The first kappa shape index (κ1) is 15.0. The highest BCUT2D eigenvalue weighted by molar-refractivity contribution is 5.83. The maximum Gasteiger partial charge on any atom is 0.230 e. The molecule has 110 valence electrons. The lowest BCUT2D eigenvalue weighted by Gasteiger charge is -2.38. The maximum absolute atomic E-state index is 13.0. The second-order valence-corrected chi connectivity index (χ2v) is 5.98. The van der Waals surface area contributed by atoms with E-state index in [1.54, 1.807) is 17.0 Å². The Balaban J connectivity index is 2.11. The highest BCUT2D eigenvalue weighted by Gasteiger charge is 2.37. The van der Waals surface area contributed by atoms with Gasteiger partial charge in [-0.3, -0.25) is 4.79 Å². The Labute approximate surface area is 120 Å². The lowest BCUT2D eigenvalue weighted by molar-refractivity contribution is -0.142. The third-order valence-electron chi connectivity index (χ3n) is 4.37. The molecule has 3 nitrogen and oxygen atoms in total. The summed E-state index contributed by atoms with van der Waals surface area (Å²) in [6.45, 7) is 5.71. The van der Waals surface area contributed by atoms with Crippen LogP contribution in [0.3, 0.4) is 0 Å². The topological polar surface area (TPSA) is 32.3 Å². The van der Waals surface area contributed by atoms with Crippen LogP contribution in [0.1, 0.15) is 38.3 Å². The molecule has 4 heteroatoms. The number of carbonyl (C=O) groups excluding carboxylic acids is 1. The van der Waals surface area contributed by atoms with E-state index < -0.39 is 0 Å². The van der Waals surface area contributed by atoms with Crippen molar-refractivity contribution in [2.45, 2.75) is 32.7 Å². The number of piperidine rings is 1. The normalized spacial score (nSPS) is 24.2. The zero-order chi connectivity index (χ0) is 14.8. The van der Waals surface area contributed by atoms with E-state index in [4.69, 9.17) is 0 Å². The fourth-order valence-electron chi connectivity index (χ4n) is 2.81. The van der Waals surface area contributed by atoms with Gasteiger partial charge in [0, 0.05) is 13.6 Å². The van der Waals surface area contributed by atoms with Gasteiger partial charge in [0.1, 0.15) is 5.82 Å². The van der Waals surface area contributed by atoms with E-state index in [9.17, 15) is 9.18 Å². The van der Waals surface area contributed by atoms with Crippen LogP contribution >= 0.6 is 0 Å². The molecule has 2 unspecified atom stereocenters. The summed E-state index contributed by atoms with van der Waals surface area (Å²) >= 11 is 0. The molecule has 1 saturated heterocycles. The number of amides is 1. The molecule has 1 amide bonds. The SMILES string of the molecule is CC(c1ccc(F)cc1)N(C)C(=O)C1(C)CCCNC1. The minimum atomic E-state index is -0.332. The quantitative estimate of drug-likeness (QED) is 0.922. The molecule has 0 bridgehead atoms. The van der Waals surface area contributed by atoms with Crippen molar-refractivity contribution in [2.24, 2.45) is 5.41 Å². The van der Waals surface area contributed by atoms with Crippen molar-refractivity contribution in [1.82, 2.24) is 10.2 Å². The van der Waals surface area contributed by atoms with Gasteiger partial charge in [-0.25, -0.2) is 4.39 Å². The van der Waals surface area contributed by atoms with Gasteiger partial charge in [-0.05, 0) is 50.9 Å². The molecule has 0 aliphatic carbocycles. The summed E-state index contributed by atoms with van der Waals surface area (Å²) in [4.78, 5) is 14.5. The zero-order valence-electron chi connectivity index (χ0n) is 12.4. The predicted molar refractivity (Wildman–Crippen MR) is 77.8 cm³/mol. The molecule has 20 heavy (non-hydrogen) atoms. The Kier molecular flexibility index (Phi) is 4.43. The van der Waals surface area contributed by atoms with Gasteiger partial charge in [0.2, 0.25) is 5.91 Å². The van der Waals surface area contributed by atoms with Crippen LogP contribution in [-0.4, -0.2) is 30.9 Å². The highest BCUT2D eigenvalue weighted by atomic mass is 19.1. The molecule has 1 heterocycles. The second-order valence-electron chi connectivity index (χ2n) is 5.98. The van der Waals surface area contributed by atoms with E-state index in [0.29, 0.717) is 0 Å². The van der Waals surface area contributed by atoms with Gasteiger partial charge in [-0.2, -0.15) is 0 Å². The van der Waals surface area contributed by atoms with E-state index in [1.165, 1.54) is 12.1 Å². The van der Waals surface area contributed by atoms with Gasteiger partial charge in [0.05, 0.1) is 11.5 Å². The average Bonchev–Trinajstić information content (AvgIpc) is 2.46. The lowest BCUT2D eigenvalue weighted by Crippen LogP contribution is -2.49. The van der Waals surface area contributed by atoms with Crippen molar-refractivity contribution in [1.29, 1.82) is 0 Å². The molecule has 1 aliphatic heterocycles. The minimum Gasteiger partial charge on any atom is -0.338 e. The van der Waals surface area contributed by atoms with Crippen LogP contribution in [0.2, 0.25) is 0 Å². The fourth-order valence-corrected chi connectivity index (χ4v) is 2.81. The van der Waals surface area contributed by atoms with Crippen molar-refractivity contribution in [3.63, 3.8) is 0 Å². The molecule has 1 fully saturated rings. The summed E-state index contributed by atoms with van der Waals surface area (Å²) < 4.78 is 13.0. The molecule has 2 atom stereocenters. The smallest absolute Gasteiger partial charge is 0.230 e. The Hall–Kier alpha value is -1.42. The fraction of sp³-hybridized carbons (Fsp3) is 0.562. The lowest BCUT2D eigenvalue weighted by atomic mass is 9.81. The summed E-state index contributed by atoms with van der Waals surface area (Å²) in [6, 6.07) is 6.31. The molecule has 2 rings (SSSR count). The van der Waals surface area contributed by atoms with Gasteiger partial charge in [0.25, 0.3) is 0 Å². The van der Waals surface area contributed by atoms with Crippen LogP contribution in [0.25, 0.3) is 0 Å². The standard InChI is InChI=1S/C16H23FN2O/c1-12(13-5-7-14(17)8-6-13)19(3)15(20)16(2)9-4-10-18-11-16/h5-8,12,18H,4,9-11H2,1-3H3. The number of nitrogens with one attached hydrogen (secondary N) is 1. The number of rotatable bonds is 3. The predicted octanol–water partition coefficient (Wildman–Crippen LogP) is 2.73. The summed E-state index contributed by atoms with van der Waals surface area (Å²) in [5.41, 5.74) is 0.621. The third kappa shape index (κ3) is 3.01. The summed E-state index contributed by atoms with van der Waals surface area (Å²) in [6.07, 6.45) is 1.94. The van der Waals surface area contributed by atoms with E-state index in [1.807, 2.05) is 20.9 Å². The number of hydrogen-bond donors (Lipinski definition) is 1. The van der Waals surface area contributed by atoms with Gasteiger partial charge >= 0.3 is 0 Å². The van der Waals surface area contributed by atoms with Crippen molar-refractivity contribution < 1.29 is 9.18 Å². The molecule has 0 aromatic heterocycles. The molecule has 1 aromatic rings. The highest BCUT2D eigenvalue weighted by Crippen LogP contribution is 2.31. The first-order valence-corrected chi connectivity index (χ1v) is 7.17. The molecule has 0 spiro atoms. The Morgan fingerprint density at radius 2 is 2.05 bits per heavy atom. The molecule has 0 radical (unpaired) electrons. The van der Waals surface area contributed by atoms with E-state index in [0.717, 1.165) is 31.5 Å². The minimum absolute atomic E-state index is 0.0538. The van der Waals surface area contributed by atoms with Crippen molar-refractivity contribution >= 4 is 5.91 Å². The molecular weight excluding hydrogens is 255 g/mol. The van der Waals surface area contributed by atoms with Crippen LogP contribution in [-0.2, 0) is 4.79 Å². The van der Waals surface area contributed by atoms with Gasteiger partial charge < -0.3 is 10.2 Å². The first-order valence-electron chi connectivity index (χ1n) is 7.17. The summed E-state index contributed by atoms with van der Waals surface area (Å²) in [7, 11) is 1.83. The second kappa shape index (κ2) is 5.92. The molecule has 1 N–H and O–H groups in total. The maximum atomic E-state index is 13.0. The molecule has 1 aromatic carbocycles. The van der Waals surface area contributed by atoms with E-state index in [-0.39, 0.29) is 23.2 Å². The Morgan fingerprint density at radius 3 is 2.60 bits per heavy atom. The van der Waals surface area contributed by atoms with Crippen LogP contribution in [0.4, 0.5) is 4.39 Å². The summed E-state index contributed by atoms with van der Waals surface area (Å²) in [5.74, 6) is -0.0973. The van der Waals surface area contributed by atoms with Gasteiger partial charge in [-0.1, -0.05) is 12.1 Å². The van der Waals surface area contributed by atoms with Crippen LogP contribution < -0.4 is 5.32 Å². The van der Waals surface area contributed by atoms with Gasteiger partial charge in [-0.15, -0.1) is 0 Å². The number of carbonyl (C=O) groups is 1. The first-order chi connectivity index (χ1) is 9.44. The zero-order valence-corrected chi connectivity index (χ0v) is 12.4. The average molecular weight is 278 g/mol. The van der Waals surface area contributed by atoms with Crippen LogP contribution in [0.5, 0.6) is 0 Å². The van der Waals surface area contributed by atoms with Crippen molar-refractivity contribution in [3.05, 3.63) is 35.6 Å². The summed E-state index contributed by atoms with van der Waals surface area (Å²) in [5, 5.41) is 3.30. The van der Waals surface area contributed by atoms with Crippen molar-refractivity contribution in [2.75, 3.05) is 20.1 Å². The number of nitrogens with zero attached hydrogens (tertiary/aromatic N) is 1. The third-order valence-corrected chi connectivity index (χ3v) is 4.37. The van der Waals surface area contributed by atoms with Gasteiger partial charge in [0.15, 0.2) is 0 Å². The van der Waals surface area contributed by atoms with E-state index >= 15 is 0 Å². The molecule has 0 saturated carbocycles. The van der Waals surface area contributed by atoms with Crippen LogP contribution in [0, 0.1) is 11.2 Å². The number of hydrogen-bond acceptors (Lipinski definition) is 2. The largest absolute Gasteiger partial charge is 0.338 e. The molecule has 1 aliphatic rings. The monoisotopic (exact) mass is 278 g/mol. The van der Waals surface area contributed by atoms with E-state index in [2.05, 4.69) is 5.32 Å². The van der Waals surface area contributed by atoms with Crippen LogP contribution in [0.15, 0.2) is 24.3 Å². The Bertz CT molecular complexity index is 466.